The summed E-state index contributed by atoms with van der Waals surface area (Å²) < 4.78 is 5.05. The van der Waals surface area contributed by atoms with Gasteiger partial charge in [-0.2, -0.15) is 0 Å². The molecule has 0 saturated heterocycles. The Balaban J connectivity index is 0.000001000. The number of halogens is 1. The fourth-order valence-corrected chi connectivity index (χ4v) is 1.14. The molecule has 0 aromatic heterocycles. The minimum absolute atomic E-state index is 0. The summed E-state index contributed by atoms with van der Waals surface area (Å²) in [5, 5.41) is 0. The number of benzene rings is 1. The number of hydrogen-bond acceptors (Lipinski definition) is 1. The lowest BCUT2D eigenvalue weighted by Gasteiger charge is -2.06. The van der Waals surface area contributed by atoms with Crippen molar-refractivity contribution in [1.82, 2.24) is 0 Å². The van der Waals surface area contributed by atoms with Gasteiger partial charge < -0.3 is 3.79 Å². The Labute approximate surface area is 81.9 Å². The molecule has 0 aliphatic carbocycles. The Bertz CT molecular complexity index is 192. The Hall–Kier alpha value is -0.158. The number of aryl methyl sites for hydroxylation is 1. The summed E-state index contributed by atoms with van der Waals surface area (Å²) in [5.41, 5.74) is 1.25. The van der Waals surface area contributed by atoms with Crippen LogP contribution in [0.5, 0.6) is 5.75 Å². The Kier molecular flexibility index (Phi) is 5.41. The Morgan fingerprint density at radius 1 is 1.36 bits per heavy atom. The van der Waals surface area contributed by atoms with Crippen molar-refractivity contribution in [3.05, 3.63) is 29.8 Å². The molecule has 0 amide bonds. The van der Waals surface area contributed by atoms with E-state index in [4.69, 9.17) is 3.79 Å². The topological polar surface area (TPSA) is 9.23 Å². The maximum absolute atomic E-state index is 5.05. The summed E-state index contributed by atoms with van der Waals surface area (Å²) in [5.74, 6) is 0.954. The van der Waals surface area contributed by atoms with Crippen LogP contribution in [0.3, 0.4) is 0 Å². The van der Waals surface area contributed by atoms with Gasteiger partial charge in [0.25, 0.3) is 0 Å². The first kappa shape index (κ1) is 10.8. The number of para-hydroxylation sites is 1. The zero-order chi connectivity index (χ0) is 7.40. The van der Waals surface area contributed by atoms with E-state index in [1.165, 1.54) is 5.56 Å². The van der Waals surface area contributed by atoms with Gasteiger partial charge in [-0.1, -0.05) is 25.1 Å². The predicted molar refractivity (Wildman–Crippen MR) is 49.5 cm³/mol. The molecule has 0 saturated carbocycles. The van der Waals surface area contributed by atoms with Gasteiger partial charge in [0.05, 0.1) is 5.75 Å². The second kappa shape index (κ2) is 5.49. The van der Waals surface area contributed by atoms with Crippen molar-refractivity contribution in [1.29, 1.82) is 0 Å². The molecular weight excluding hydrogens is 175 g/mol. The van der Waals surface area contributed by atoms with Crippen molar-refractivity contribution in [2.45, 2.75) is 13.3 Å². The first-order valence-corrected chi connectivity index (χ1v) is 3.80. The van der Waals surface area contributed by atoms with E-state index in [0.717, 1.165) is 12.2 Å². The van der Waals surface area contributed by atoms with Crippen molar-refractivity contribution in [3.8, 4) is 5.75 Å². The summed E-state index contributed by atoms with van der Waals surface area (Å²) in [7, 11) is 0. The Morgan fingerprint density at radius 3 is 2.45 bits per heavy atom. The highest BCUT2D eigenvalue weighted by molar-refractivity contribution is 6.00. The molecule has 0 spiro atoms. The van der Waals surface area contributed by atoms with E-state index in [-0.39, 0.29) is 12.4 Å². The van der Waals surface area contributed by atoms with Crippen LogP contribution >= 0.6 is 12.4 Å². The highest BCUT2D eigenvalue weighted by Crippen LogP contribution is 2.16. The van der Waals surface area contributed by atoms with Crippen LogP contribution in [0.1, 0.15) is 12.5 Å². The predicted octanol–water partition coefficient (Wildman–Crippen LogP) is 2.13. The van der Waals surface area contributed by atoms with E-state index < -0.39 is 0 Å². The van der Waals surface area contributed by atoms with Crippen LogP contribution in [-0.4, -0.2) is 16.6 Å². The third-order valence-electron chi connectivity index (χ3n) is 1.48. The molecule has 0 N–H and O–H groups in total. The van der Waals surface area contributed by atoms with Crippen LogP contribution < -0.4 is 3.79 Å². The van der Waals surface area contributed by atoms with E-state index in [9.17, 15) is 0 Å². The second-order valence-electron chi connectivity index (χ2n) is 2.08. The van der Waals surface area contributed by atoms with E-state index >= 15 is 0 Å². The molecule has 1 rings (SSSR count). The van der Waals surface area contributed by atoms with E-state index in [2.05, 4.69) is 29.6 Å². The largest absolute Gasteiger partial charge is 0.653 e. The van der Waals surface area contributed by atoms with Gasteiger partial charge in [0.1, 0.15) is 0 Å². The summed E-state index contributed by atoms with van der Waals surface area (Å²) in [6, 6.07) is 8.02. The maximum Gasteiger partial charge on any atom is 0.482 e. The molecule has 1 aromatic carbocycles. The molecule has 0 aliphatic heterocycles. The highest BCUT2D eigenvalue weighted by atomic mass is 35.5. The first-order valence-electron chi connectivity index (χ1n) is 3.33. The van der Waals surface area contributed by atoms with E-state index in [1.807, 2.05) is 18.2 Å². The Morgan fingerprint density at radius 2 is 2.00 bits per heavy atom. The molecule has 0 heterocycles. The molecule has 0 fully saturated rings. The third kappa shape index (κ3) is 2.75. The molecule has 11 heavy (non-hydrogen) atoms. The van der Waals surface area contributed by atoms with Crippen LogP contribution in [0.4, 0.5) is 0 Å². The molecule has 1 aromatic rings. The summed E-state index contributed by atoms with van der Waals surface area (Å²) >= 11 is 2.26. The first-order chi connectivity index (χ1) is 4.88. The molecule has 0 atom stereocenters. The third-order valence-corrected chi connectivity index (χ3v) is 1.73. The average Bonchev–Trinajstić information content (AvgIpc) is 2.04. The lowest BCUT2D eigenvalue weighted by molar-refractivity contribution is 0.606. The van der Waals surface area contributed by atoms with Gasteiger partial charge in [-0.25, -0.2) is 0 Å². The molecule has 58 valence electrons. The van der Waals surface area contributed by atoms with E-state index in [1.54, 1.807) is 0 Å². The van der Waals surface area contributed by atoms with Crippen LogP contribution in [0.2, 0.25) is 0 Å². The van der Waals surface area contributed by atoms with Gasteiger partial charge in [0.2, 0.25) is 0 Å². The van der Waals surface area contributed by atoms with E-state index in [0.29, 0.717) is 0 Å². The van der Waals surface area contributed by atoms with Gasteiger partial charge >= 0.3 is 16.6 Å². The number of hydrogen-bond donors (Lipinski definition) is 0. The summed E-state index contributed by atoms with van der Waals surface area (Å²) in [6.07, 6.45) is 1.02. The van der Waals surface area contributed by atoms with Crippen molar-refractivity contribution in [3.63, 3.8) is 0 Å². The fraction of sp³-hybridized carbons (Fsp3) is 0.250. The molecule has 0 bridgehead atoms. The number of rotatable bonds is 2. The van der Waals surface area contributed by atoms with Crippen LogP contribution in [-0.2, 0) is 6.42 Å². The highest BCUT2D eigenvalue weighted by Gasteiger charge is 1.94. The van der Waals surface area contributed by atoms with Crippen molar-refractivity contribution < 1.29 is 3.79 Å². The molecule has 0 aliphatic rings. The van der Waals surface area contributed by atoms with Gasteiger partial charge in [0.15, 0.2) is 0 Å². The van der Waals surface area contributed by atoms with Crippen LogP contribution in [0.15, 0.2) is 24.3 Å². The van der Waals surface area contributed by atoms with Gasteiger partial charge in [-0.05, 0) is 18.1 Å². The van der Waals surface area contributed by atoms with Crippen molar-refractivity contribution >= 4 is 29.0 Å². The smallest absolute Gasteiger partial charge is 0.482 e. The average molecular weight is 185 g/mol. The summed E-state index contributed by atoms with van der Waals surface area (Å²) in [6.45, 7) is 2.11. The minimum atomic E-state index is 0. The van der Waals surface area contributed by atoms with Crippen LogP contribution in [0.25, 0.3) is 0 Å². The molecule has 1 nitrogen and oxygen atoms in total. The molecule has 2 radical (unpaired) electrons. The zero-order valence-corrected chi connectivity index (χ0v) is 8.38. The molecule has 0 unspecified atom stereocenters. The standard InChI is InChI=1S/C8H10O.Al.ClH/c1-2-7-5-3-4-6-8(7)9;;/h3-6,9H,2H2,1H3;;1H/q;+1;/p-1. The van der Waals surface area contributed by atoms with Gasteiger partial charge in [0, 0.05) is 0 Å². The fourth-order valence-electron chi connectivity index (χ4n) is 0.911. The van der Waals surface area contributed by atoms with Gasteiger partial charge in [-0.3, -0.25) is 0 Å². The summed E-state index contributed by atoms with van der Waals surface area (Å²) in [4.78, 5) is 0. The lowest BCUT2D eigenvalue weighted by Crippen LogP contribution is -1.90. The zero-order valence-electron chi connectivity index (χ0n) is 6.41. The maximum atomic E-state index is 5.05. The van der Waals surface area contributed by atoms with Crippen molar-refractivity contribution in [2.75, 3.05) is 0 Å². The van der Waals surface area contributed by atoms with Crippen LogP contribution in [0, 0.1) is 0 Å². The molecule has 3 heteroatoms. The quantitative estimate of drug-likeness (QED) is 0.640. The SMILES string of the molecule is CCc1ccccc1[O][Al].Cl. The molecular formula is C8H10AlClO. The monoisotopic (exact) mass is 184 g/mol. The minimum Gasteiger partial charge on any atom is -0.653 e. The van der Waals surface area contributed by atoms with Crippen molar-refractivity contribution in [2.24, 2.45) is 0 Å². The second-order valence-corrected chi connectivity index (χ2v) is 2.31. The normalized spacial score (nSPS) is 8.45. The van der Waals surface area contributed by atoms with Gasteiger partial charge in [-0.15, -0.1) is 12.4 Å². The lowest BCUT2D eigenvalue weighted by atomic mass is 10.1.